The summed E-state index contributed by atoms with van der Waals surface area (Å²) in [4.78, 5) is 0. The Morgan fingerprint density at radius 3 is 2.20 bits per heavy atom. The van der Waals surface area contributed by atoms with Gasteiger partial charge in [-0.1, -0.05) is 37.9 Å². The molecule has 5 heteroatoms. The lowest BCUT2D eigenvalue weighted by atomic mass is 9.99. The van der Waals surface area contributed by atoms with Gasteiger partial charge in [-0.2, -0.15) is 0 Å². The van der Waals surface area contributed by atoms with Crippen LogP contribution in [0.2, 0.25) is 0 Å². The Hall–Kier alpha value is -1.04. The van der Waals surface area contributed by atoms with Crippen molar-refractivity contribution in [2.75, 3.05) is 13.2 Å². The normalized spacial score (nSPS) is 14.9. The summed E-state index contributed by atoms with van der Waals surface area (Å²) in [5, 5.41) is 0. The van der Waals surface area contributed by atoms with E-state index in [9.17, 15) is 0 Å². The molecule has 0 fully saturated rings. The van der Waals surface area contributed by atoms with E-state index >= 15 is 0 Å². The standard InChI is InChI=1S/C15H13Br2NO2/c16-11-5-10(6-12(17)8-11)15(18)9-1-2-13-14(7-9)20-4-3-19-13/h1-2,5-8,15H,3-4,18H2. The van der Waals surface area contributed by atoms with Gasteiger partial charge in [0.2, 0.25) is 0 Å². The third-order valence-corrected chi connectivity index (χ3v) is 4.09. The largest absolute Gasteiger partial charge is 0.486 e. The van der Waals surface area contributed by atoms with Crippen LogP contribution in [0.3, 0.4) is 0 Å². The molecule has 1 heterocycles. The van der Waals surface area contributed by atoms with Crippen LogP contribution in [0.4, 0.5) is 0 Å². The summed E-state index contributed by atoms with van der Waals surface area (Å²) in [5.74, 6) is 1.54. The van der Waals surface area contributed by atoms with Crippen LogP contribution in [0.15, 0.2) is 45.3 Å². The van der Waals surface area contributed by atoms with E-state index in [2.05, 4.69) is 31.9 Å². The number of hydrogen-bond donors (Lipinski definition) is 1. The van der Waals surface area contributed by atoms with Crippen LogP contribution in [0.1, 0.15) is 17.2 Å². The zero-order chi connectivity index (χ0) is 14.1. The third kappa shape index (κ3) is 2.85. The topological polar surface area (TPSA) is 44.5 Å². The highest BCUT2D eigenvalue weighted by molar-refractivity contribution is 9.11. The van der Waals surface area contributed by atoms with Crippen LogP contribution in [0, 0.1) is 0 Å². The van der Waals surface area contributed by atoms with Crippen molar-refractivity contribution >= 4 is 31.9 Å². The quantitative estimate of drug-likeness (QED) is 0.830. The molecule has 2 N–H and O–H groups in total. The molecule has 0 radical (unpaired) electrons. The molecule has 2 aromatic carbocycles. The van der Waals surface area contributed by atoms with Gasteiger partial charge < -0.3 is 15.2 Å². The number of ether oxygens (including phenoxy) is 2. The molecule has 0 spiro atoms. The Bertz CT molecular complexity index is 626. The minimum absolute atomic E-state index is 0.209. The second kappa shape index (κ2) is 5.76. The number of nitrogens with two attached hydrogens (primary N) is 1. The minimum atomic E-state index is -0.209. The molecule has 0 amide bonds. The second-order valence-corrected chi connectivity index (χ2v) is 6.41. The Labute approximate surface area is 134 Å². The van der Waals surface area contributed by atoms with E-state index in [0.29, 0.717) is 13.2 Å². The molecule has 2 aromatic rings. The molecule has 3 nitrogen and oxygen atoms in total. The van der Waals surface area contributed by atoms with Crippen molar-refractivity contribution < 1.29 is 9.47 Å². The molecule has 0 aromatic heterocycles. The lowest BCUT2D eigenvalue weighted by molar-refractivity contribution is 0.171. The van der Waals surface area contributed by atoms with E-state index in [4.69, 9.17) is 15.2 Å². The average Bonchev–Trinajstić information content (AvgIpc) is 2.45. The number of fused-ring (bicyclic) bond motifs is 1. The van der Waals surface area contributed by atoms with E-state index < -0.39 is 0 Å². The minimum Gasteiger partial charge on any atom is -0.486 e. The predicted octanol–water partition coefficient (Wildman–Crippen LogP) is 4.03. The van der Waals surface area contributed by atoms with Crippen LogP contribution in [-0.4, -0.2) is 13.2 Å². The summed E-state index contributed by atoms with van der Waals surface area (Å²) in [5.41, 5.74) is 8.38. The van der Waals surface area contributed by atoms with Crippen LogP contribution >= 0.6 is 31.9 Å². The Kier molecular flexibility index (Phi) is 4.01. The molecule has 20 heavy (non-hydrogen) atoms. The highest BCUT2D eigenvalue weighted by Gasteiger charge is 2.16. The first-order valence-electron chi connectivity index (χ1n) is 6.24. The molecule has 0 saturated heterocycles. The molecule has 1 atom stereocenters. The third-order valence-electron chi connectivity index (χ3n) is 3.17. The molecule has 0 aliphatic carbocycles. The van der Waals surface area contributed by atoms with E-state index in [1.807, 2.05) is 36.4 Å². The molecule has 3 rings (SSSR count). The molecular formula is C15H13Br2NO2. The van der Waals surface area contributed by atoms with Gasteiger partial charge in [-0.05, 0) is 41.5 Å². The average molecular weight is 399 g/mol. The monoisotopic (exact) mass is 397 g/mol. The maximum atomic E-state index is 6.35. The highest BCUT2D eigenvalue weighted by atomic mass is 79.9. The summed E-state index contributed by atoms with van der Waals surface area (Å²) in [6.45, 7) is 1.17. The summed E-state index contributed by atoms with van der Waals surface area (Å²) < 4.78 is 13.1. The van der Waals surface area contributed by atoms with Crippen LogP contribution in [0.25, 0.3) is 0 Å². The fraction of sp³-hybridized carbons (Fsp3) is 0.200. The molecule has 0 bridgehead atoms. The SMILES string of the molecule is NC(c1cc(Br)cc(Br)c1)c1ccc2c(c1)OCCO2. The summed E-state index contributed by atoms with van der Waals surface area (Å²) in [6.07, 6.45) is 0. The number of rotatable bonds is 2. The lowest BCUT2D eigenvalue weighted by Gasteiger charge is -2.21. The van der Waals surface area contributed by atoms with Crippen LogP contribution < -0.4 is 15.2 Å². The first kappa shape index (κ1) is 13.9. The zero-order valence-electron chi connectivity index (χ0n) is 10.6. The van der Waals surface area contributed by atoms with Gasteiger partial charge in [-0.3, -0.25) is 0 Å². The molecule has 1 aliphatic rings. The van der Waals surface area contributed by atoms with E-state index in [1.54, 1.807) is 0 Å². The number of hydrogen-bond acceptors (Lipinski definition) is 3. The van der Waals surface area contributed by atoms with Crippen molar-refractivity contribution in [1.82, 2.24) is 0 Å². The summed E-state index contributed by atoms with van der Waals surface area (Å²) >= 11 is 6.97. The Balaban J connectivity index is 1.95. The van der Waals surface area contributed by atoms with Crippen molar-refractivity contribution in [3.8, 4) is 11.5 Å². The van der Waals surface area contributed by atoms with E-state index in [1.165, 1.54) is 0 Å². The Morgan fingerprint density at radius 2 is 1.50 bits per heavy atom. The maximum absolute atomic E-state index is 6.35. The zero-order valence-corrected chi connectivity index (χ0v) is 13.8. The Morgan fingerprint density at radius 1 is 0.850 bits per heavy atom. The van der Waals surface area contributed by atoms with Gasteiger partial charge in [0.25, 0.3) is 0 Å². The molecule has 104 valence electrons. The lowest BCUT2D eigenvalue weighted by Crippen LogP contribution is -2.17. The fourth-order valence-corrected chi connectivity index (χ4v) is 3.53. The van der Waals surface area contributed by atoms with Crippen molar-refractivity contribution in [3.63, 3.8) is 0 Å². The van der Waals surface area contributed by atoms with Gasteiger partial charge in [0, 0.05) is 8.95 Å². The number of halogens is 2. The molecule has 0 saturated carbocycles. The highest BCUT2D eigenvalue weighted by Crippen LogP contribution is 2.34. The predicted molar refractivity (Wildman–Crippen MR) is 85.3 cm³/mol. The summed E-state index contributed by atoms with van der Waals surface area (Å²) in [7, 11) is 0. The van der Waals surface area contributed by atoms with Crippen molar-refractivity contribution in [2.24, 2.45) is 5.73 Å². The smallest absolute Gasteiger partial charge is 0.161 e. The fourth-order valence-electron chi connectivity index (χ4n) is 2.20. The van der Waals surface area contributed by atoms with Gasteiger partial charge in [-0.15, -0.1) is 0 Å². The van der Waals surface area contributed by atoms with Gasteiger partial charge in [0.1, 0.15) is 13.2 Å². The van der Waals surface area contributed by atoms with Gasteiger partial charge in [-0.25, -0.2) is 0 Å². The van der Waals surface area contributed by atoms with Crippen molar-refractivity contribution in [3.05, 3.63) is 56.5 Å². The van der Waals surface area contributed by atoms with E-state index in [0.717, 1.165) is 31.6 Å². The first-order valence-corrected chi connectivity index (χ1v) is 7.83. The van der Waals surface area contributed by atoms with Crippen molar-refractivity contribution in [2.45, 2.75) is 6.04 Å². The van der Waals surface area contributed by atoms with Crippen LogP contribution in [-0.2, 0) is 0 Å². The van der Waals surface area contributed by atoms with Crippen LogP contribution in [0.5, 0.6) is 11.5 Å². The second-order valence-electron chi connectivity index (χ2n) is 4.58. The maximum Gasteiger partial charge on any atom is 0.161 e. The molecular weight excluding hydrogens is 386 g/mol. The summed E-state index contributed by atoms with van der Waals surface area (Å²) in [6, 6.07) is 11.7. The van der Waals surface area contributed by atoms with Gasteiger partial charge >= 0.3 is 0 Å². The number of benzene rings is 2. The molecule has 1 aliphatic heterocycles. The van der Waals surface area contributed by atoms with Gasteiger partial charge in [0.15, 0.2) is 11.5 Å². The van der Waals surface area contributed by atoms with Gasteiger partial charge in [0.05, 0.1) is 6.04 Å². The first-order chi connectivity index (χ1) is 9.63. The van der Waals surface area contributed by atoms with E-state index in [-0.39, 0.29) is 6.04 Å². The van der Waals surface area contributed by atoms with Crippen molar-refractivity contribution in [1.29, 1.82) is 0 Å². The molecule has 1 unspecified atom stereocenters.